The number of unbranched alkanes of at least 4 members (excludes halogenated alkanes) is 3. The molecular formula is C22H30ClN5O3S. The molecule has 2 heterocycles. The summed E-state index contributed by atoms with van der Waals surface area (Å²) < 4.78 is 27.3. The first-order chi connectivity index (χ1) is 15.1. The molecule has 0 aliphatic rings. The molecule has 174 valence electrons. The third-order valence-corrected chi connectivity index (χ3v) is 8.17. The minimum absolute atomic E-state index is 0.0220. The molecule has 0 spiro atoms. The summed E-state index contributed by atoms with van der Waals surface area (Å²) in [4.78, 5) is 17.4. The molecule has 2 aromatic heterocycles. The Balaban J connectivity index is 1.78. The molecule has 1 aromatic carbocycles. The third kappa shape index (κ3) is 5.32. The molecule has 0 saturated carbocycles. The molecule has 3 aromatic rings. The normalized spacial score (nSPS) is 13.1. The second-order valence-corrected chi connectivity index (χ2v) is 11.0. The lowest BCUT2D eigenvalue weighted by atomic mass is 10.1. The molecule has 10 heteroatoms. The standard InChI is InChI=1S/C22H30ClN5O3S/c1-5-6-7-8-12-32(30,31)19(14(2)3)22(29)24-17-11-9-10-16(13-17)20-25-21-18(23)15(4)26-28(21)27-20/h9-11,13-14,19,26H,5-8,12H2,1-4H3,(H,24,29). The van der Waals surface area contributed by atoms with Gasteiger partial charge in [-0.25, -0.2) is 13.4 Å². The van der Waals surface area contributed by atoms with E-state index in [-0.39, 0.29) is 11.7 Å². The van der Waals surface area contributed by atoms with Crippen LogP contribution in [0.3, 0.4) is 0 Å². The number of halogens is 1. The average Bonchev–Trinajstić information content (AvgIpc) is 3.24. The molecular weight excluding hydrogens is 450 g/mol. The van der Waals surface area contributed by atoms with Crippen molar-refractivity contribution in [3.63, 3.8) is 0 Å². The number of nitrogens with one attached hydrogen (secondary N) is 2. The van der Waals surface area contributed by atoms with Crippen LogP contribution in [0, 0.1) is 12.8 Å². The number of nitrogens with zero attached hydrogens (tertiary/aromatic N) is 3. The van der Waals surface area contributed by atoms with Gasteiger partial charge >= 0.3 is 0 Å². The van der Waals surface area contributed by atoms with Gasteiger partial charge in [-0.05, 0) is 31.4 Å². The van der Waals surface area contributed by atoms with Crippen LogP contribution in [0.25, 0.3) is 17.0 Å². The maximum absolute atomic E-state index is 13.0. The van der Waals surface area contributed by atoms with Crippen molar-refractivity contribution >= 4 is 38.7 Å². The summed E-state index contributed by atoms with van der Waals surface area (Å²) in [7, 11) is -3.56. The molecule has 0 bridgehead atoms. The van der Waals surface area contributed by atoms with Gasteiger partial charge in [0.1, 0.15) is 10.3 Å². The SMILES string of the molecule is CCCCCCS(=O)(=O)C(C(=O)Nc1cccc(-c2nc3c(Cl)c(C)[nH]n3n2)c1)C(C)C. The fourth-order valence-corrected chi connectivity index (χ4v) is 5.96. The Labute approximate surface area is 193 Å². The molecule has 0 saturated heterocycles. The fraction of sp³-hybridized carbons (Fsp3) is 0.500. The largest absolute Gasteiger partial charge is 0.325 e. The first-order valence-corrected chi connectivity index (χ1v) is 13.0. The van der Waals surface area contributed by atoms with Crippen LogP contribution in [-0.2, 0) is 14.6 Å². The van der Waals surface area contributed by atoms with E-state index >= 15 is 0 Å². The molecule has 3 rings (SSSR count). The van der Waals surface area contributed by atoms with Crippen molar-refractivity contribution in [3.05, 3.63) is 35.0 Å². The summed E-state index contributed by atoms with van der Waals surface area (Å²) in [5.74, 6) is -0.390. The minimum Gasteiger partial charge on any atom is -0.325 e. The molecule has 1 unspecified atom stereocenters. The van der Waals surface area contributed by atoms with Crippen molar-refractivity contribution in [2.45, 2.75) is 58.6 Å². The van der Waals surface area contributed by atoms with Gasteiger partial charge in [-0.2, -0.15) is 4.63 Å². The van der Waals surface area contributed by atoms with Crippen molar-refractivity contribution in [2.75, 3.05) is 11.1 Å². The number of aromatic nitrogens is 4. The highest BCUT2D eigenvalue weighted by Crippen LogP contribution is 2.25. The number of aromatic amines is 1. The number of carbonyl (C=O) groups excluding carboxylic acids is 1. The van der Waals surface area contributed by atoms with Crippen molar-refractivity contribution < 1.29 is 13.2 Å². The lowest BCUT2D eigenvalue weighted by molar-refractivity contribution is -0.116. The van der Waals surface area contributed by atoms with E-state index in [1.807, 2.05) is 13.0 Å². The lowest BCUT2D eigenvalue weighted by Gasteiger charge is -2.21. The predicted octanol–water partition coefficient (Wildman–Crippen LogP) is 4.64. The highest BCUT2D eigenvalue weighted by Gasteiger charge is 2.35. The number of aryl methyl sites for hydroxylation is 1. The molecule has 0 aliphatic carbocycles. The number of amides is 1. The summed E-state index contributed by atoms with van der Waals surface area (Å²) >= 11 is 6.23. The zero-order chi connectivity index (χ0) is 23.5. The summed E-state index contributed by atoms with van der Waals surface area (Å²) in [6.45, 7) is 7.42. The Morgan fingerprint density at radius 1 is 1.25 bits per heavy atom. The Kier molecular flexibility index (Phi) is 7.61. The first kappa shape index (κ1) is 24.3. The van der Waals surface area contributed by atoms with Crippen LogP contribution in [0.5, 0.6) is 0 Å². The van der Waals surface area contributed by atoms with Gasteiger partial charge in [-0.1, -0.05) is 63.8 Å². The van der Waals surface area contributed by atoms with Crippen LogP contribution >= 0.6 is 11.6 Å². The smallest absolute Gasteiger partial charge is 0.242 e. The topological polar surface area (TPSA) is 109 Å². The number of H-pyrrole nitrogens is 1. The van der Waals surface area contributed by atoms with E-state index < -0.39 is 21.0 Å². The molecule has 2 N–H and O–H groups in total. The second-order valence-electron chi connectivity index (χ2n) is 8.38. The van der Waals surface area contributed by atoms with Gasteiger partial charge in [0.05, 0.1) is 11.4 Å². The Hall–Kier alpha value is -2.39. The molecule has 1 atom stereocenters. The van der Waals surface area contributed by atoms with E-state index in [0.29, 0.717) is 34.2 Å². The number of fused-ring (bicyclic) bond motifs is 1. The minimum atomic E-state index is -3.56. The Morgan fingerprint density at radius 2 is 2.00 bits per heavy atom. The van der Waals surface area contributed by atoms with Gasteiger partial charge in [0.25, 0.3) is 0 Å². The second kappa shape index (κ2) is 10.0. The Morgan fingerprint density at radius 3 is 2.66 bits per heavy atom. The molecule has 0 radical (unpaired) electrons. The zero-order valence-corrected chi connectivity index (χ0v) is 20.4. The van der Waals surface area contributed by atoms with E-state index in [4.69, 9.17) is 11.6 Å². The van der Waals surface area contributed by atoms with Gasteiger partial charge in [-0.3, -0.25) is 9.89 Å². The third-order valence-electron chi connectivity index (χ3n) is 5.33. The maximum atomic E-state index is 13.0. The number of hydrogen-bond donors (Lipinski definition) is 2. The van der Waals surface area contributed by atoms with Crippen LogP contribution in [0.4, 0.5) is 5.69 Å². The number of carbonyl (C=O) groups is 1. The van der Waals surface area contributed by atoms with E-state index in [2.05, 4.69) is 27.4 Å². The number of sulfone groups is 1. The van der Waals surface area contributed by atoms with E-state index in [1.54, 1.807) is 32.0 Å². The van der Waals surface area contributed by atoms with Crippen LogP contribution in [-0.4, -0.2) is 45.1 Å². The van der Waals surface area contributed by atoms with Crippen LogP contribution in [0.15, 0.2) is 24.3 Å². The maximum Gasteiger partial charge on any atom is 0.242 e. The lowest BCUT2D eigenvalue weighted by Crippen LogP contribution is -2.40. The number of hydrogen-bond acceptors (Lipinski definition) is 5. The van der Waals surface area contributed by atoms with Gasteiger partial charge < -0.3 is 5.32 Å². The summed E-state index contributed by atoms with van der Waals surface area (Å²) in [6.07, 6.45) is 3.43. The van der Waals surface area contributed by atoms with Crippen molar-refractivity contribution in [1.29, 1.82) is 0 Å². The van der Waals surface area contributed by atoms with Gasteiger partial charge in [0.15, 0.2) is 21.3 Å². The van der Waals surface area contributed by atoms with Gasteiger partial charge in [0.2, 0.25) is 5.91 Å². The number of benzene rings is 1. The highest BCUT2D eigenvalue weighted by molar-refractivity contribution is 7.92. The van der Waals surface area contributed by atoms with Crippen LogP contribution in [0.2, 0.25) is 5.02 Å². The average molecular weight is 480 g/mol. The van der Waals surface area contributed by atoms with Crippen molar-refractivity contribution in [2.24, 2.45) is 5.92 Å². The molecule has 1 amide bonds. The van der Waals surface area contributed by atoms with Crippen molar-refractivity contribution in [3.8, 4) is 11.4 Å². The zero-order valence-electron chi connectivity index (χ0n) is 18.9. The number of anilines is 1. The fourth-order valence-electron chi connectivity index (χ4n) is 3.72. The van der Waals surface area contributed by atoms with Crippen molar-refractivity contribution in [1.82, 2.24) is 19.8 Å². The first-order valence-electron chi connectivity index (χ1n) is 10.9. The van der Waals surface area contributed by atoms with Crippen LogP contribution < -0.4 is 5.32 Å². The van der Waals surface area contributed by atoms with Gasteiger partial charge in [-0.15, -0.1) is 5.10 Å². The van der Waals surface area contributed by atoms with E-state index in [1.165, 1.54) is 4.63 Å². The summed E-state index contributed by atoms with van der Waals surface area (Å²) in [6, 6.07) is 7.01. The predicted molar refractivity (Wildman–Crippen MR) is 128 cm³/mol. The monoisotopic (exact) mass is 479 g/mol. The van der Waals surface area contributed by atoms with Crippen LogP contribution in [0.1, 0.15) is 52.1 Å². The summed E-state index contributed by atoms with van der Waals surface area (Å²) in [5, 5.41) is 9.57. The molecule has 0 aliphatic heterocycles. The molecule has 0 fully saturated rings. The Bertz CT molecular complexity index is 1200. The molecule has 32 heavy (non-hydrogen) atoms. The highest BCUT2D eigenvalue weighted by atomic mass is 35.5. The van der Waals surface area contributed by atoms with Gasteiger partial charge in [0, 0.05) is 11.3 Å². The van der Waals surface area contributed by atoms with E-state index in [9.17, 15) is 13.2 Å². The molecule has 8 nitrogen and oxygen atoms in total. The number of rotatable bonds is 10. The summed E-state index contributed by atoms with van der Waals surface area (Å²) in [5.41, 5.74) is 2.45. The quantitative estimate of drug-likeness (QED) is 0.411. The van der Waals surface area contributed by atoms with E-state index in [0.717, 1.165) is 25.0 Å².